The molecule has 16 heavy (non-hydrogen) atoms. The fraction of sp³-hybridized carbons (Fsp3) is 0. The molecule has 80 valence electrons. The second kappa shape index (κ2) is 5.32. The van der Waals surface area contributed by atoms with Crippen molar-refractivity contribution in [3.63, 3.8) is 0 Å². The van der Waals surface area contributed by atoms with Crippen LogP contribution in [0.15, 0.2) is 62.9 Å². The average molecular weight is 292 g/mol. The van der Waals surface area contributed by atoms with Gasteiger partial charge in [-0.2, -0.15) is 0 Å². The Morgan fingerprint density at radius 1 is 1.06 bits per heavy atom. The molecule has 0 N–H and O–H groups in total. The van der Waals surface area contributed by atoms with Gasteiger partial charge in [-0.05, 0) is 29.8 Å². The molecule has 0 spiro atoms. The molecule has 0 aliphatic heterocycles. The van der Waals surface area contributed by atoms with E-state index in [1.807, 2.05) is 54.7 Å². The first-order chi connectivity index (χ1) is 7.75. The minimum absolute atomic E-state index is 0.880. The molecule has 0 bridgehead atoms. The van der Waals surface area contributed by atoms with Crippen molar-refractivity contribution >= 4 is 40.5 Å². The summed E-state index contributed by atoms with van der Waals surface area (Å²) in [6.07, 6.45) is 1.83. The molecule has 0 atom stereocenters. The van der Waals surface area contributed by atoms with E-state index >= 15 is 0 Å². The number of benzene rings is 2. The summed E-state index contributed by atoms with van der Waals surface area (Å²) in [5.74, 6) is 0. The van der Waals surface area contributed by atoms with Gasteiger partial charge in [-0.15, -0.1) is 12.6 Å². The van der Waals surface area contributed by atoms with Crippen LogP contribution in [0.5, 0.6) is 0 Å². The third kappa shape index (κ3) is 2.97. The highest BCUT2D eigenvalue weighted by Crippen LogP contribution is 2.21. The summed E-state index contributed by atoms with van der Waals surface area (Å²) >= 11 is 7.77. The summed E-state index contributed by atoms with van der Waals surface area (Å²) in [6, 6.07) is 15.8. The molecule has 0 heterocycles. The van der Waals surface area contributed by atoms with Gasteiger partial charge in [0.2, 0.25) is 0 Å². The van der Waals surface area contributed by atoms with Crippen molar-refractivity contribution < 1.29 is 0 Å². The molecular formula is C13H10BrNS. The molecule has 1 nitrogen and oxygen atoms in total. The second-order valence-electron chi connectivity index (χ2n) is 3.30. The van der Waals surface area contributed by atoms with Crippen molar-refractivity contribution in [1.29, 1.82) is 0 Å². The van der Waals surface area contributed by atoms with Gasteiger partial charge >= 0.3 is 0 Å². The minimum Gasteiger partial charge on any atom is -0.255 e. The number of halogens is 1. The van der Waals surface area contributed by atoms with Crippen LogP contribution in [0.2, 0.25) is 0 Å². The molecule has 0 radical (unpaired) electrons. The summed E-state index contributed by atoms with van der Waals surface area (Å²) in [5.41, 5.74) is 1.94. The first-order valence-corrected chi connectivity index (χ1v) is 6.07. The predicted octanol–water partition coefficient (Wildman–Crippen LogP) is 4.49. The maximum atomic E-state index is 4.39. The Balaban J connectivity index is 2.25. The van der Waals surface area contributed by atoms with Crippen LogP contribution in [0.1, 0.15) is 5.56 Å². The van der Waals surface area contributed by atoms with Crippen LogP contribution in [0.25, 0.3) is 0 Å². The highest BCUT2D eigenvalue weighted by Gasteiger charge is 1.94. The average Bonchev–Trinajstić information content (AvgIpc) is 2.28. The summed E-state index contributed by atoms with van der Waals surface area (Å²) in [7, 11) is 0. The summed E-state index contributed by atoms with van der Waals surface area (Å²) in [6.45, 7) is 0. The standard InChI is InChI=1S/C13H10BrNS/c14-11-5-3-4-10(8-11)9-15-12-6-1-2-7-13(12)16/h1-9,16H/b15-9+. The highest BCUT2D eigenvalue weighted by molar-refractivity contribution is 9.10. The van der Waals surface area contributed by atoms with Crippen molar-refractivity contribution in [3.8, 4) is 0 Å². The quantitative estimate of drug-likeness (QED) is 0.618. The lowest BCUT2D eigenvalue weighted by Crippen LogP contribution is -1.79. The fourth-order valence-electron chi connectivity index (χ4n) is 1.30. The monoisotopic (exact) mass is 291 g/mol. The highest BCUT2D eigenvalue weighted by atomic mass is 79.9. The largest absolute Gasteiger partial charge is 0.255 e. The molecule has 0 saturated carbocycles. The van der Waals surface area contributed by atoms with Gasteiger partial charge in [-0.3, -0.25) is 4.99 Å². The van der Waals surface area contributed by atoms with Gasteiger partial charge in [0, 0.05) is 15.6 Å². The van der Waals surface area contributed by atoms with Crippen LogP contribution in [-0.4, -0.2) is 6.21 Å². The van der Waals surface area contributed by atoms with Gasteiger partial charge in [0.1, 0.15) is 0 Å². The summed E-state index contributed by atoms with van der Waals surface area (Å²) in [4.78, 5) is 5.28. The summed E-state index contributed by atoms with van der Waals surface area (Å²) in [5, 5.41) is 0. The number of rotatable bonds is 2. The Kier molecular flexibility index (Phi) is 3.80. The lowest BCUT2D eigenvalue weighted by molar-refractivity contribution is 1.39. The molecule has 0 unspecified atom stereocenters. The van der Waals surface area contributed by atoms with Gasteiger partial charge in [-0.1, -0.05) is 40.2 Å². The van der Waals surface area contributed by atoms with Crippen LogP contribution >= 0.6 is 28.6 Å². The van der Waals surface area contributed by atoms with E-state index in [1.54, 1.807) is 0 Å². The van der Waals surface area contributed by atoms with Gasteiger partial charge in [0.05, 0.1) is 5.69 Å². The Bertz CT molecular complexity index is 523. The Labute approximate surface area is 109 Å². The van der Waals surface area contributed by atoms with E-state index in [0.717, 1.165) is 20.6 Å². The van der Waals surface area contributed by atoms with E-state index in [4.69, 9.17) is 0 Å². The third-order valence-corrected chi connectivity index (χ3v) is 2.95. The fourth-order valence-corrected chi connectivity index (χ4v) is 1.94. The van der Waals surface area contributed by atoms with E-state index in [2.05, 4.69) is 33.6 Å². The van der Waals surface area contributed by atoms with Crippen LogP contribution in [0.4, 0.5) is 5.69 Å². The maximum absolute atomic E-state index is 4.39. The normalized spacial score (nSPS) is 10.9. The Hall–Kier alpha value is -1.06. The zero-order valence-corrected chi connectivity index (χ0v) is 10.9. The number of thiol groups is 1. The molecule has 2 rings (SSSR count). The number of nitrogens with zero attached hydrogens (tertiary/aromatic N) is 1. The van der Waals surface area contributed by atoms with Crippen molar-refractivity contribution in [2.45, 2.75) is 4.90 Å². The van der Waals surface area contributed by atoms with Crippen molar-refractivity contribution in [1.82, 2.24) is 0 Å². The van der Waals surface area contributed by atoms with E-state index in [-0.39, 0.29) is 0 Å². The first kappa shape index (κ1) is 11.4. The predicted molar refractivity (Wildman–Crippen MR) is 75.1 cm³/mol. The van der Waals surface area contributed by atoms with Gasteiger partial charge in [-0.25, -0.2) is 0 Å². The zero-order valence-electron chi connectivity index (χ0n) is 8.47. The van der Waals surface area contributed by atoms with Crippen molar-refractivity contribution in [2.75, 3.05) is 0 Å². The Morgan fingerprint density at radius 3 is 2.62 bits per heavy atom. The van der Waals surface area contributed by atoms with E-state index in [9.17, 15) is 0 Å². The van der Waals surface area contributed by atoms with Crippen molar-refractivity contribution in [3.05, 3.63) is 58.6 Å². The van der Waals surface area contributed by atoms with Crippen LogP contribution in [0, 0.1) is 0 Å². The van der Waals surface area contributed by atoms with Crippen LogP contribution in [-0.2, 0) is 0 Å². The van der Waals surface area contributed by atoms with E-state index in [0.29, 0.717) is 0 Å². The van der Waals surface area contributed by atoms with Crippen LogP contribution < -0.4 is 0 Å². The number of aliphatic imine (C=N–C) groups is 1. The molecule has 0 amide bonds. The lowest BCUT2D eigenvalue weighted by Gasteiger charge is -1.98. The van der Waals surface area contributed by atoms with Gasteiger partial charge in [0.15, 0.2) is 0 Å². The number of para-hydroxylation sites is 1. The Morgan fingerprint density at radius 2 is 1.88 bits per heavy atom. The summed E-state index contributed by atoms with van der Waals surface area (Å²) < 4.78 is 1.05. The minimum atomic E-state index is 0.880. The van der Waals surface area contributed by atoms with E-state index < -0.39 is 0 Å². The number of hydrogen-bond donors (Lipinski definition) is 1. The third-order valence-electron chi connectivity index (χ3n) is 2.08. The van der Waals surface area contributed by atoms with Crippen LogP contribution in [0.3, 0.4) is 0 Å². The second-order valence-corrected chi connectivity index (χ2v) is 4.70. The topological polar surface area (TPSA) is 12.4 Å². The maximum Gasteiger partial charge on any atom is 0.0763 e. The molecule has 2 aromatic carbocycles. The first-order valence-electron chi connectivity index (χ1n) is 4.83. The zero-order chi connectivity index (χ0) is 11.4. The molecule has 3 heteroatoms. The molecule has 0 aliphatic rings. The lowest BCUT2D eigenvalue weighted by atomic mass is 10.2. The van der Waals surface area contributed by atoms with E-state index in [1.165, 1.54) is 0 Å². The molecule has 0 aromatic heterocycles. The molecule has 0 saturated heterocycles. The number of hydrogen-bond acceptors (Lipinski definition) is 2. The van der Waals surface area contributed by atoms with Crippen molar-refractivity contribution in [2.24, 2.45) is 4.99 Å². The molecule has 2 aromatic rings. The molecular weight excluding hydrogens is 282 g/mol. The van der Waals surface area contributed by atoms with Gasteiger partial charge < -0.3 is 0 Å². The molecule has 0 aliphatic carbocycles. The SMILES string of the molecule is Sc1ccccc1/N=C/c1cccc(Br)c1. The van der Waals surface area contributed by atoms with Gasteiger partial charge in [0.25, 0.3) is 0 Å². The molecule has 0 fully saturated rings. The smallest absolute Gasteiger partial charge is 0.0763 e.